The molecule has 1 atom stereocenters. The minimum absolute atomic E-state index is 0.0138. The number of ether oxygens (including phenoxy) is 1. The smallest absolute Gasteiger partial charge is 0.465 e. The lowest BCUT2D eigenvalue weighted by Gasteiger charge is -2.32. The van der Waals surface area contributed by atoms with Crippen LogP contribution in [0.2, 0.25) is 0 Å². The lowest BCUT2D eigenvalue weighted by molar-refractivity contribution is -0.275. The molecule has 1 amide bonds. The number of benzene rings is 1. The molecule has 1 aromatic rings. The Kier molecular flexibility index (Phi) is 4.52. The summed E-state index contributed by atoms with van der Waals surface area (Å²) in [6.07, 6.45) is -3.42. The Morgan fingerprint density at radius 2 is 2.12 bits per heavy atom. The van der Waals surface area contributed by atoms with Crippen molar-refractivity contribution < 1.29 is 32.2 Å². The highest BCUT2D eigenvalue weighted by Crippen LogP contribution is 2.52. The van der Waals surface area contributed by atoms with E-state index in [1.165, 1.54) is 11.0 Å². The first-order valence-corrected chi connectivity index (χ1v) is 8.01. The molecule has 0 radical (unpaired) electrons. The monoisotopic (exact) mass is 362 g/mol. The van der Waals surface area contributed by atoms with Gasteiger partial charge in [-0.1, -0.05) is 6.07 Å². The molecule has 0 spiro atoms. The molecule has 2 aliphatic rings. The summed E-state index contributed by atoms with van der Waals surface area (Å²) in [5.74, 6) is -2.09. The summed E-state index contributed by atoms with van der Waals surface area (Å²) >= 11 is 0. The average molecular weight is 362 g/mol. The van der Waals surface area contributed by atoms with Gasteiger partial charge in [0, 0.05) is 12.6 Å². The second-order valence-corrected chi connectivity index (χ2v) is 6.41. The molecule has 138 valence electrons. The summed E-state index contributed by atoms with van der Waals surface area (Å²) in [7, 11) is 0. The number of amides is 1. The third-order valence-electron chi connectivity index (χ3n) is 4.73. The Morgan fingerprint density at radius 3 is 2.64 bits per heavy atom. The number of carboxylic acid groups (broad SMARTS) is 1. The van der Waals surface area contributed by atoms with Crippen molar-refractivity contribution in [3.05, 3.63) is 29.6 Å². The normalized spacial score (nSPS) is 21.8. The zero-order chi connectivity index (χ0) is 18.2. The minimum Gasteiger partial charge on any atom is -0.465 e. The van der Waals surface area contributed by atoms with Crippen molar-refractivity contribution >= 4 is 6.09 Å². The summed E-state index contributed by atoms with van der Waals surface area (Å²) in [6.45, 7) is 1.05. The number of alkyl halides is 3. The molecule has 0 unspecified atom stereocenters. The van der Waals surface area contributed by atoms with Gasteiger partial charge in [0.25, 0.3) is 0 Å². The molecule has 1 aliphatic heterocycles. The van der Waals surface area contributed by atoms with Gasteiger partial charge in [0.15, 0.2) is 11.6 Å². The summed E-state index contributed by atoms with van der Waals surface area (Å²) in [4.78, 5) is 13.0. The topological polar surface area (TPSA) is 61.8 Å². The van der Waals surface area contributed by atoms with Gasteiger partial charge in [-0.3, -0.25) is 4.90 Å². The summed E-state index contributed by atoms with van der Waals surface area (Å²) in [6, 6.07) is 3.17. The van der Waals surface area contributed by atoms with E-state index in [1.807, 2.05) is 0 Å². The van der Waals surface area contributed by atoms with Crippen LogP contribution in [0.5, 0.6) is 5.75 Å². The van der Waals surface area contributed by atoms with Crippen LogP contribution in [-0.4, -0.2) is 41.6 Å². The molecule has 2 fully saturated rings. The molecule has 1 heterocycles. The Labute approximate surface area is 141 Å². The average Bonchev–Trinajstić information content (AvgIpc) is 3.14. The van der Waals surface area contributed by atoms with E-state index in [0.29, 0.717) is 18.4 Å². The number of nitrogens with zero attached hydrogens (tertiary/aromatic N) is 1. The molecule has 0 aromatic heterocycles. The van der Waals surface area contributed by atoms with Gasteiger partial charge in [0.05, 0.1) is 5.54 Å². The highest BCUT2D eigenvalue weighted by molar-refractivity contribution is 5.68. The molecule has 3 rings (SSSR count). The van der Waals surface area contributed by atoms with Crippen LogP contribution >= 0.6 is 0 Å². The van der Waals surface area contributed by atoms with Gasteiger partial charge in [0.1, 0.15) is 0 Å². The molecule has 0 bridgehead atoms. The van der Waals surface area contributed by atoms with E-state index >= 15 is 0 Å². The molecule has 9 heteroatoms. The van der Waals surface area contributed by atoms with Crippen LogP contribution in [-0.2, 0) is 5.54 Å². The zero-order valence-electron chi connectivity index (χ0n) is 13.3. The standard InChI is InChI=1S/C16H18F4N2O3/c17-12-4-3-10(8-13(12)25-16(18,19)20)15(5-6-15)22(14(23)24)9-11-2-1-7-21-11/h3-4,8,11,21H,1-2,5-7,9H2,(H,23,24)/t11-/m0/s1. The van der Waals surface area contributed by atoms with Crippen molar-refractivity contribution in [1.82, 2.24) is 10.2 Å². The van der Waals surface area contributed by atoms with Gasteiger partial charge < -0.3 is 15.2 Å². The fourth-order valence-corrected chi connectivity index (χ4v) is 3.40. The lowest BCUT2D eigenvalue weighted by atomic mass is 10.0. The van der Waals surface area contributed by atoms with Gasteiger partial charge in [-0.25, -0.2) is 9.18 Å². The molecule has 2 N–H and O–H groups in total. The first kappa shape index (κ1) is 17.8. The molecular formula is C16H18F4N2O3. The van der Waals surface area contributed by atoms with Crippen LogP contribution in [0, 0.1) is 5.82 Å². The summed E-state index contributed by atoms with van der Waals surface area (Å²) < 4.78 is 54.6. The maximum absolute atomic E-state index is 13.6. The molecule has 1 aliphatic carbocycles. The van der Waals surface area contributed by atoms with Crippen molar-refractivity contribution in [2.24, 2.45) is 0 Å². The van der Waals surface area contributed by atoms with Crippen LogP contribution < -0.4 is 10.1 Å². The van der Waals surface area contributed by atoms with E-state index in [9.17, 15) is 27.5 Å². The quantitative estimate of drug-likeness (QED) is 0.788. The van der Waals surface area contributed by atoms with E-state index in [0.717, 1.165) is 31.5 Å². The first-order chi connectivity index (χ1) is 11.7. The third kappa shape index (κ3) is 3.81. The van der Waals surface area contributed by atoms with Gasteiger partial charge in [0.2, 0.25) is 0 Å². The zero-order valence-corrected chi connectivity index (χ0v) is 13.3. The minimum atomic E-state index is -5.02. The predicted molar refractivity (Wildman–Crippen MR) is 79.8 cm³/mol. The summed E-state index contributed by atoms with van der Waals surface area (Å²) in [5.41, 5.74) is -0.610. The SMILES string of the molecule is O=C(O)N(C[C@@H]1CCCN1)C1(c2ccc(F)c(OC(F)(F)F)c2)CC1. The van der Waals surface area contributed by atoms with Crippen LogP contribution in [0.4, 0.5) is 22.4 Å². The van der Waals surface area contributed by atoms with Gasteiger partial charge in [-0.15, -0.1) is 13.2 Å². The number of halogens is 4. The number of rotatable bonds is 5. The fraction of sp³-hybridized carbons (Fsp3) is 0.562. The van der Waals surface area contributed by atoms with Crippen molar-refractivity contribution in [3.63, 3.8) is 0 Å². The van der Waals surface area contributed by atoms with Gasteiger partial charge >= 0.3 is 12.5 Å². The highest BCUT2D eigenvalue weighted by Gasteiger charge is 2.52. The number of hydrogen-bond acceptors (Lipinski definition) is 3. The Balaban J connectivity index is 1.87. The third-order valence-corrected chi connectivity index (χ3v) is 4.73. The van der Waals surface area contributed by atoms with Crippen molar-refractivity contribution in [2.45, 2.75) is 43.6 Å². The molecular weight excluding hydrogens is 344 g/mol. The number of nitrogens with one attached hydrogen (secondary N) is 1. The second kappa shape index (κ2) is 6.36. The van der Waals surface area contributed by atoms with Crippen LogP contribution in [0.25, 0.3) is 0 Å². The van der Waals surface area contributed by atoms with E-state index in [2.05, 4.69) is 10.1 Å². The maximum atomic E-state index is 13.6. The highest BCUT2D eigenvalue weighted by atomic mass is 19.4. The lowest BCUT2D eigenvalue weighted by Crippen LogP contribution is -2.46. The Bertz CT molecular complexity index is 655. The van der Waals surface area contributed by atoms with Crippen LogP contribution in [0.3, 0.4) is 0 Å². The molecule has 25 heavy (non-hydrogen) atoms. The van der Waals surface area contributed by atoms with Crippen molar-refractivity contribution in [1.29, 1.82) is 0 Å². The van der Waals surface area contributed by atoms with Crippen molar-refractivity contribution in [2.75, 3.05) is 13.1 Å². The van der Waals surface area contributed by atoms with E-state index in [1.54, 1.807) is 0 Å². The number of carbonyl (C=O) groups is 1. The maximum Gasteiger partial charge on any atom is 0.573 e. The molecule has 1 saturated carbocycles. The Morgan fingerprint density at radius 1 is 1.40 bits per heavy atom. The van der Waals surface area contributed by atoms with Gasteiger partial charge in [-0.2, -0.15) is 0 Å². The van der Waals surface area contributed by atoms with Crippen molar-refractivity contribution in [3.8, 4) is 5.75 Å². The largest absolute Gasteiger partial charge is 0.573 e. The van der Waals surface area contributed by atoms with E-state index < -0.39 is 29.6 Å². The first-order valence-electron chi connectivity index (χ1n) is 8.01. The van der Waals surface area contributed by atoms with Crippen LogP contribution in [0.1, 0.15) is 31.2 Å². The summed E-state index contributed by atoms with van der Waals surface area (Å²) in [5, 5.41) is 12.8. The molecule has 1 aromatic carbocycles. The van der Waals surface area contributed by atoms with E-state index in [-0.39, 0.29) is 12.6 Å². The Hall–Kier alpha value is -2.03. The molecule has 5 nitrogen and oxygen atoms in total. The van der Waals surface area contributed by atoms with E-state index in [4.69, 9.17) is 0 Å². The fourth-order valence-electron chi connectivity index (χ4n) is 3.40. The predicted octanol–water partition coefficient (Wildman–Crippen LogP) is 3.45. The van der Waals surface area contributed by atoms with Crippen LogP contribution in [0.15, 0.2) is 18.2 Å². The second-order valence-electron chi connectivity index (χ2n) is 6.41. The molecule has 1 saturated heterocycles. The van der Waals surface area contributed by atoms with Gasteiger partial charge in [-0.05, 0) is 49.9 Å². The number of hydrogen-bond donors (Lipinski definition) is 2.